The molecule has 0 spiro atoms. The predicted molar refractivity (Wildman–Crippen MR) is 113 cm³/mol. The molecule has 1 N–H and O–H groups in total. The summed E-state index contributed by atoms with van der Waals surface area (Å²) < 4.78 is 5.35. The molecule has 1 aliphatic heterocycles. The highest BCUT2D eigenvalue weighted by Gasteiger charge is 2.20. The highest BCUT2D eigenvalue weighted by Crippen LogP contribution is 2.31. The molecule has 0 atom stereocenters. The van der Waals surface area contributed by atoms with Crippen LogP contribution in [0.4, 0.5) is 10.8 Å². The first-order valence-electron chi connectivity index (χ1n) is 9.03. The number of thiocarbonyl (C=S) groups is 1. The van der Waals surface area contributed by atoms with Crippen molar-refractivity contribution in [1.82, 2.24) is 15.2 Å². The highest BCUT2D eigenvalue weighted by atomic mass is 32.1. The lowest BCUT2D eigenvalue weighted by molar-refractivity contribution is -0.115. The van der Waals surface area contributed by atoms with Crippen LogP contribution in [0.2, 0.25) is 0 Å². The molecule has 2 heterocycles. The molecule has 1 aromatic heterocycles. The van der Waals surface area contributed by atoms with Gasteiger partial charge in [0.15, 0.2) is 10.2 Å². The molecule has 1 fully saturated rings. The van der Waals surface area contributed by atoms with E-state index in [0.717, 1.165) is 36.5 Å². The van der Waals surface area contributed by atoms with Crippen LogP contribution in [0.5, 0.6) is 0 Å². The maximum absolute atomic E-state index is 12.3. The fourth-order valence-electron chi connectivity index (χ4n) is 2.96. The molecular weight excluding hydrogens is 380 g/mol. The van der Waals surface area contributed by atoms with Gasteiger partial charge in [-0.3, -0.25) is 9.69 Å². The minimum Gasteiger partial charge on any atom is -0.378 e. The summed E-state index contributed by atoms with van der Waals surface area (Å²) in [6.45, 7) is 7.20. The Morgan fingerprint density at radius 2 is 2.11 bits per heavy atom. The van der Waals surface area contributed by atoms with Crippen LogP contribution < -0.4 is 10.2 Å². The SMILES string of the molecule is CCc1ccccc1N(C(C)=O)c1nc(CNC(=S)N2CCOCC2)cs1. The van der Waals surface area contributed by atoms with E-state index in [1.54, 1.807) is 11.8 Å². The number of hydrogen-bond acceptors (Lipinski definition) is 5. The number of ether oxygens (including phenoxy) is 1. The fraction of sp³-hybridized carbons (Fsp3) is 0.421. The van der Waals surface area contributed by atoms with Gasteiger partial charge in [0.1, 0.15) is 0 Å². The number of anilines is 2. The quantitative estimate of drug-likeness (QED) is 0.773. The van der Waals surface area contributed by atoms with Crippen molar-refractivity contribution < 1.29 is 9.53 Å². The maximum atomic E-state index is 12.3. The molecule has 0 radical (unpaired) electrons. The number of amides is 1. The van der Waals surface area contributed by atoms with Crippen molar-refractivity contribution >= 4 is 45.4 Å². The van der Waals surface area contributed by atoms with Crippen molar-refractivity contribution in [2.24, 2.45) is 0 Å². The normalized spacial score (nSPS) is 14.1. The number of aryl methyl sites for hydroxylation is 1. The maximum Gasteiger partial charge on any atom is 0.230 e. The van der Waals surface area contributed by atoms with Gasteiger partial charge in [0.05, 0.1) is 31.1 Å². The molecule has 1 aliphatic rings. The molecule has 8 heteroatoms. The Labute approximate surface area is 169 Å². The van der Waals surface area contributed by atoms with Crippen LogP contribution in [0.3, 0.4) is 0 Å². The third-order valence-corrected chi connectivity index (χ3v) is 5.66. The van der Waals surface area contributed by atoms with Gasteiger partial charge in [-0.05, 0) is 30.3 Å². The molecule has 0 aliphatic carbocycles. The molecule has 0 unspecified atom stereocenters. The van der Waals surface area contributed by atoms with E-state index in [9.17, 15) is 4.79 Å². The molecule has 27 heavy (non-hydrogen) atoms. The highest BCUT2D eigenvalue weighted by molar-refractivity contribution is 7.80. The van der Waals surface area contributed by atoms with E-state index in [1.807, 2.05) is 29.6 Å². The Hall–Kier alpha value is -2.03. The average molecular weight is 405 g/mol. The molecule has 1 aromatic carbocycles. The fourth-order valence-corrected chi connectivity index (χ4v) is 4.09. The number of nitrogens with zero attached hydrogens (tertiary/aromatic N) is 3. The zero-order valence-corrected chi connectivity index (χ0v) is 17.2. The van der Waals surface area contributed by atoms with Crippen LogP contribution in [0, 0.1) is 0 Å². The number of benzene rings is 1. The third kappa shape index (κ3) is 4.82. The van der Waals surface area contributed by atoms with Gasteiger partial charge in [0.2, 0.25) is 5.91 Å². The van der Waals surface area contributed by atoms with Gasteiger partial charge in [-0.2, -0.15) is 0 Å². The Balaban J connectivity index is 1.71. The molecule has 2 aromatic rings. The van der Waals surface area contributed by atoms with Crippen molar-refractivity contribution in [3.63, 3.8) is 0 Å². The summed E-state index contributed by atoms with van der Waals surface area (Å²) >= 11 is 6.92. The van der Waals surface area contributed by atoms with Gasteiger partial charge in [-0.15, -0.1) is 11.3 Å². The Morgan fingerprint density at radius 3 is 2.81 bits per heavy atom. The minimum absolute atomic E-state index is 0.0476. The lowest BCUT2D eigenvalue weighted by atomic mass is 10.1. The minimum atomic E-state index is -0.0476. The molecular formula is C19H24N4O2S2. The molecule has 0 saturated carbocycles. The zero-order chi connectivity index (χ0) is 19.2. The van der Waals surface area contributed by atoms with Gasteiger partial charge in [0, 0.05) is 25.4 Å². The number of carbonyl (C=O) groups excluding carboxylic acids is 1. The summed E-state index contributed by atoms with van der Waals surface area (Å²) in [6, 6.07) is 7.95. The number of carbonyl (C=O) groups is 1. The van der Waals surface area contributed by atoms with E-state index in [-0.39, 0.29) is 5.91 Å². The van der Waals surface area contributed by atoms with E-state index < -0.39 is 0 Å². The van der Waals surface area contributed by atoms with Crippen LogP contribution in [-0.4, -0.2) is 47.2 Å². The molecule has 3 rings (SSSR count). The van der Waals surface area contributed by atoms with E-state index in [0.29, 0.717) is 30.0 Å². The summed E-state index contributed by atoms with van der Waals surface area (Å²) in [7, 11) is 0. The van der Waals surface area contributed by atoms with E-state index in [1.165, 1.54) is 11.3 Å². The van der Waals surface area contributed by atoms with Crippen LogP contribution >= 0.6 is 23.6 Å². The second kappa shape index (κ2) is 9.25. The number of nitrogens with one attached hydrogen (secondary N) is 1. The Bertz CT molecular complexity index is 803. The summed E-state index contributed by atoms with van der Waals surface area (Å²) in [6.07, 6.45) is 0.855. The first-order valence-corrected chi connectivity index (χ1v) is 10.3. The number of aromatic nitrogens is 1. The Kier molecular flexibility index (Phi) is 6.76. The van der Waals surface area contributed by atoms with Crippen LogP contribution in [0.25, 0.3) is 0 Å². The average Bonchev–Trinajstić information content (AvgIpc) is 3.15. The largest absolute Gasteiger partial charge is 0.378 e. The van der Waals surface area contributed by atoms with E-state index >= 15 is 0 Å². The van der Waals surface area contributed by atoms with Crippen molar-refractivity contribution in [3.05, 3.63) is 40.9 Å². The topological polar surface area (TPSA) is 57.7 Å². The summed E-state index contributed by atoms with van der Waals surface area (Å²) in [5.74, 6) is -0.0476. The smallest absolute Gasteiger partial charge is 0.230 e. The van der Waals surface area contributed by atoms with Crippen LogP contribution in [0.1, 0.15) is 25.1 Å². The van der Waals surface area contributed by atoms with Gasteiger partial charge < -0.3 is 15.0 Å². The van der Waals surface area contributed by atoms with Gasteiger partial charge >= 0.3 is 0 Å². The number of hydrogen-bond donors (Lipinski definition) is 1. The monoisotopic (exact) mass is 404 g/mol. The van der Waals surface area contributed by atoms with Crippen molar-refractivity contribution in [2.45, 2.75) is 26.8 Å². The standard InChI is InChI=1S/C19H24N4O2S2/c1-3-15-6-4-5-7-17(15)23(14(2)24)19-21-16(13-27-19)12-20-18(26)22-8-10-25-11-9-22/h4-7,13H,3,8-12H2,1-2H3,(H,20,26). The summed E-state index contributed by atoms with van der Waals surface area (Å²) in [5, 5.41) is 6.62. The molecule has 144 valence electrons. The predicted octanol–water partition coefficient (Wildman–Crippen LogP) is 3.10. The molecule has 6 nitrogen and oxygen atoms in total. The lowest BCUT2D eigenvalue weighted by Crippen LogP contribution is -2.45. The van der Waals surface area contributed by atoms with Gasteiger partial charge in [-0.1, -0.05) is 25.1 Å². The van der Waals surface area contributed by atoms with Crippen molar-refractivity contribution in [1.29, 1.82) is 0 Å². The van der Waals surface area contributed by atoms with E-state index in [4.69, 9.17) is 17.0 Å². The Morgan fingerprint density at radius 1 is 1.37 bits per heavy atom. The summed E-state index contributed by atoms with van der Waals surface area (Å²) in [5.41, 5.74) is 2.88. The van der Waals surface area contributed by atoms with Crippen LogP contribution in [0.15, 0.2) is 29.6 Å². The first-order chi connectivity index (χ1) is 13.1. The molecule has 1 amide bonds. The van der Waals surface area contributed by atoms with Gasteiger partial charge in [0.25, 0.3) is 0 Å². The second-order valence-electron chi connectivity index (χ2n) is 6.22. The third-order valence-electron chi connectivity index (χ3n) is 4.38. The summed E-state index contributed by atoms with van der Waals surface area (Å²) in [4.78, 5) is 20.8. The van der Waals surface area contributed by atoms with E-state index in [2.05, 4.69) is 22.1 Å². The van der Waals surface area contributed by atoms with Gasteiger partial charge in [-0.25, -0.2) is 4.98 Å². The first kappa shape index (κ1) is 19.7. The molecule has 1 saturated heterocycles. The second-order valence-corrected chi connectivity index (χ2v) is 7.44. The molecule has 0 bridgehead atoms. The number of thiazole rings is 1. The number of morpholine rings is 1. The van der Waals surface area contributed by atoms with Crippen molar-refractivity contribution in [2.75, 3.05) is 31.2 Å². The number of rotatable bonds is 5. The zero-order valence-electron chi connectivity index (χ0n) is 15.6. The van der Waals surface area contributed by atoms with Crippen LogP contribution in [-0.2, 0) is 22.5 Å². The lowest BCUT2D eigenvalue weighted by Gasteiger charge is -2.29. The van der Waals surface area contributed by atoms with Crippen molar-refractivity contribution in [3.8, 4) is 0 Å². The number of para-hydroxylation sites is 1.